The lowest BCUT2D eigenvalue weighted by atomic mass is 9.79. The molecule has 1 fully saturated rings. The lowest BCUT2D eigenvalue weighted by Gasteiger charge is -2.27. The van der Waals surface area contributed by atoms with Gasteiger partial charge in [-0.1, -0.05) is 38.8 Å². The van der Waals surface area contributed by atoms with Crippen molar-refractivity contribution in [2.24, 2.45) is 11.3 Å². The van der Waals surface area contributed by atoms with Gasteiger partial charge in [-0.3, -0.25) is 0 Å². The summed E-state index contributed by atoms with van der Waals surface area (Å²) in [5.41, 5.74) is 1.08. The fraction of sp³-hybridized carbons (Fsp3) is 0.857. The molecule has 1 heteroatoms. The molecule has 88 valence electrons. The molecule has 1 rings (SSSR count). The first-order chi connectivity index (χ1) is 7.08. The maximum Gasteiger partial charge on any atom is 0.107 e. The van der Waals surface area contributed by atoms with Gasteiger partial charge < -0.3 is 0 Å². The SMILES string of the molecule is C=C(C(CCC)CCC)C1(C(C)F)CC1. The average Bonchev–Trinajstić information content (AvgIpc) is 2.97. The Balaban J connectivity index is 2.63. The van der Waals surface area contributed by atoms with Crippen molar-refractivity contribution in [3.8, 4) is 0 Å². The van der Waals surface area contributed by atoms with E-state index in [0.29, 0.717) is 5.92 Å². The van der Waals surface area contributed by atoms with Gasteiger partial charge in [-0.05, 0) is 38.5 Å². The molecule has 15 heavy (non-hydrogen) atoms. The van der Waals surface area contributed by atoms with Gasteiger partial charge >= 0.3 is 0 Å². The Bertz CT molecular complexity index is 207. The molecular weight excluding hydrogens is 187 g/mol. The lowest BCUT2D eigenvalue weighted by molar-refractivity contribution is 0.241. The van der Waals surface area contributed by atoms with Crippen LogP contribution >= 0.6 is 0 Å². The molecule has 1 aliphatic rings. The van der Waals surface area contributed by atoms with Gasteiger partial charge in [-0.25, -0.2) is 4.39 Å². The van der Waals surface area contributed by atoms with Crippen LogP contribution in [0.25, 0.3) is 0 Å². The topological polar surface area (TPSA) is 0 Å². The van der Waals surface area contributed by atoms with Crippen molar-refractivity contribution in [3.63, 3.8) is 0 Å². The highest BCUT2D eigenvalue weighted by Gasteiger charge is 2.51. The van der Waals surface area contributed by atoms with Crippen molar-refractivity contribution in [1.29, 1.82) is 0 Å². The number of allylic oxidation sites excluding steroid dienone is 1. The third-order valence-electron chi connectivity index (χ3n) is 3.96. The summed E-state index contributed by atoms with van der Waals surface area (Å²) in [6.07, 6.45) is 6.06. The summed E-state index contributed by atoms with van der Waals surface area (Å²) in [4.78, 5) is 0. The Morgan fingerprint density at radius 3 is 2.00 bits per heavy atom. The third kappa shape index (κ3) is 2.62. The minimum absolute atomic E-state index is 0.130. The van der Waals surface area contributed by atoms with Crippen molar-refractivity contribution in [3.05, 3.63) is 12.2 Å². The average molecular weight is 212 g/mol. The highest BCUT2D eigenvalue weighted by atomic mass is 19.1. The van der Waals surface area contributed by atoms with Crippen LogP contribution in [0.1, 0.15) is 59.3 Å². The largest absolute Gasteiger partial charge is 0.247 e. The van der Waals surface area contributed by atoms with Crippen molar-refractivity contribution in [2.75, 3.05) is 0 Å². The number of halogens is 1. The zero-order valence-electron chi connectivity index (χ0n) is 10.5. The van der Waals surface area contributed by atoms with E-state index in [2.05, 4.69) is 20.4 Å². The number of alkyl halides is 1. The maximum absolute atomic E-state index is 13.6. The van der Waals surface area contributed by atoms with Gasteiger partial charge in [0.2, 0.25) is 0 Å². The van der Waals surface area contributed by atoms with E-state index in [9.17, 15) is 4.39 Å². The lowest BCUT2D eigenvalue weighted by Crippen LogP contribution is -2.21. The minimum Gasteiger partial charge on any atom is -0.247 e. The number of hydrogen-bond donors (Lipinski definition) is 0. The highest BCUT2D eigenvalue weighted by molar-refractivity contribution is 5.23. The Morgan fingerprint density at radius 1 is 1.27 bits per heavy atom. The molecule has 0 heterocycles. The maximum atomic E-state index is 13.6. The third-order valence-corrected chi connectivity index (χ3v) is 3.96. The van der Waals surface area contributed by atoms with Crippen molar-refractivity contribution in [2.45, 2.75) is 65.5 Å². The van der Waals surface area contributed by atoms with Crippen LogP contribution in [0.3, 0.4) is 0 Å². The van der Waals surface area contributed by atoms with E-state index in [0.717, 1.165) is 12.8 Å². The summed E-state index contributed by atoms with van der Waals surface area (Å²) in [5.74, 6) is 0.556. The van der Waals surface area contributed by atoms with E-state index in [4.69, 9.17) is 0 Å². The zero-order valence-corrected chi connectivity index (χ0v) is 10.5. The van der Waals surface area contributed by atoms with Crippen LogP contribution in [0, 0.1) is 11.3 Å². The summed E-state index contributed by atoms with van der Waals surface area (Å²) in [6, 6.07) is 0. The predicted molar refractivity (Wildman–Crippen MR) is 64.7 cm³/mol. The Labute approximate surface area is 94.0 Å². The molecule has 0 aromatic heterocycles. The molecule has 0 nitrogen and oxygen atoms in total. The van der Waals surface area contributed by atoms with Crippen LogP contribution < -0.4 is 0 Å². The van der Waals surface area contributed by atoms with Gasteiger partial charge in [0.25, 0.3) is 0 Å². The molecule has 0 aromatic carbocycles. The molecule has 0 aromatic rings. The molecule has 0 N–H and O–H groups in total. The van der Waals surface area contributed by atoms with Gasteiger partial charge in [-0.15, -0.1) is 0 Å². The standard InChI is InChI=1S/C14H25F/c1-5-7-13(8-6-2)11(3)14(9-10-14)12(4)15/h12-13H,3,5-10H2,1-2,4H3. The molecule has 0 bridgehead atoms. The summed E-state index contributed by atoms with van der Waals surface area (Å²) in [5, 5.41) is 0. The first-order valence-electron chi connectivity index (χ1n) is 6.41. The summed E-state index contributed by atoms with van der Waals surface area (Å²) >= 11 is 0. The van der Waals surface area contributed by atoms with Gasteiger partial charge in [-0.2, -0.15) is 0 Å². The van der Waals surface area contributed by atoms with Gasteiger partial charge in [0.1, 0.15) is 6.17 Å². The Hall–Kier alpha value is -0.330. The van der Waals surface area contributed by atoms with E-state index in [1.54, 1.807) is 6.92 Å². The molecule has 1 atom stereocenters. The molecule has 1 saturated carbocycles. The van der Waals surface area contributed by atoms with Crippen LogP contribution in [0.5, 0.6) is 0 Å². The monoisotopic (exact) mass is 212 g/mol. The first-order valence-corrected chi connectivity index (χ1v) is 6.41. The molecule has 0 amide bonds. The quantitative estimate of drug-likeness (QED) is 0.527. The van der Waals surface area contributed by atoms with Crippen molar-refractivity contribution in [1.82, 2.24) is 0 Å². The normalized spacial score (nSPS) is 20.3. The second-order valence-corrected chi connectivity index (χ2v) is 5.07. The molecule has 0 aliphatic heterocycles. The van der Waals surface area contributed by atoms with E-state index >= 15 is 0 Å². The van der Waals surface area contributed by atoms with Crippen LogP contribution in [0.4, 0.5) is 4.39 Å². The molecule has 1 aliphatic carbocycles. The fourth-order valence-corrected chi connectivity index (χ4v) is 2.71. The van der Waals surface area contributed by atoms with Crippen LogP contribution in [0.15, 0.2) is 12.2 Å². The van der Waals surface area contributed by atoms with E-state index < -0.39 is 6.17 Å². The molecule has 0 radical (unpaired) electrons. The van der Waals surface area contributed by atoms with E-state index in [1.165, 1.54) is 31.3 Å². The van der Waals surface area contributed by atoms with E-state index in [-0.39, 0.29) is 5.41 Å². The van der Waals surface area contributed by atoms with Gasteiger partial charge in [0.15, 0.2) is 0 Å². The summed E-state index contributed by atoms with van der Waals surface area (Å²) < 4.78 is 13.6. The Kier molecular flexibility index (Phi) is 4.36. The second kappa shape index (κ2) is 5.14. The summed E-state index contributed by atoms with van der Waals surface area (Å²) in [6.45, 7) is 10.3. The second-order valence-electron chi connectivity index (χ2n) is 5.07. The van der Waals surface area contributed by atoms with Gasteiger partial charge in [0, 0.05) is 5.41 Å². The summed E-state index contributed by atoms with van der Waals surface area (Å²) in [7, 11) is 0. The van der Waals surface area contributed by atoms with E-state index in [1.807, 2.05) is 0 Å². The molecule has 0 saturated heterocycles. The smallest absolute Gasteiger partial charge is 0.107 e. The fourth-order valence-electron chi connectivity index (χ4n) is 2.71. The minimum atomic E-state index is -0.707. The zero-order chi connectivity index (χ0) is 11.5. The molecule has 1 unspecified atom stereocenters. The predicted octanol–water partition coefficient (Wildman–Crippen LogP) is 4.90. The van der Waals surface area contributed by atoms with Crippen LogP contribution in [-0.2, 0) is 0 Å². The van der Waals surface area contributed by atoms with Crippen LogP contribution in [-0.4, -0.2) is 6.17 Å². The first kappa shape index (κ1) is 12.7. The highest BCUT2D eigenvalue weighted by Crippen LogP contribution is 2.58. The van der Waals surface area contributed by atoms with Gasteiger partial charge in [0.05, 0.1) is 0 Å². The Morgan fingerprint density at radius 2 is 1.73 bits per heavy atom. The van der Waals surface area contributed by atoms with Crippen molar-refractivity contribution >= 4 is 0 Å². The van der Waals surface area contributed by atoms with Crippen molar-refractivity contribution < 1.29 is 4.39 Å². The number of rotatable bonds is 7. The molecular formula is C14H25F. The molecule has 0 spiro atoms. The number of hydrogen-bond acceptors (Lipinski definition) is 0. The van der Waals surface area contributed by atoms with Crippen LogP contribution in [0.2, 0.25) is 0 Å².